The van der Waals surface area contributed by atoms with E-state index >= 15 is 0 Å². The highest BCUT2D eigenvalue weighted by molar-refractivity contribution is 9.10. The van der Waals surface area contributed by atoms with Crippen LogP contribution in [0, 0.1) is 6.92 Å². The maximum Gasteiger partial charge on any atom is 0.243 e. The fourth-order valence-electron chi connectivity index (χ4n) is 2.37. The van der Waals surface area contributed by atoms with Crippen LogP contribution in [0.3, 0.4) is 0 Å². The van der Waals surface area contributed by atoms with Crippen LogP contribution >= 0.6 is 15.9 Å². The Kier molecular flexibility index (Phi) is 6.65. The fourth-order valence-corrected chi connectivity index (χ4v) is 4.83. The third-order valence-corrected chi connectivity index (χ3v) is 6.33. The standard InChI is InChI=1S/C14H23BrN2O3S/c1-4-11(5-2)17(6-7-18)21(19,20)14-9-13(16)12(15)8-10(14)3/h8-9,11,18H,4-7,16H2,1-3H3. The molecule has 0 aromatic heterocycles. The number of aliphatic hydroxyl groups excluding tert-OH is 1. The topological polar surface area (TPSA) is 83.6 Å². The minimum Gasteiger partial charge on any atom is -0.398 e. The van der Waals surface area contributed by atoms with E-state index < -0.39 is 10.0 Å². The van der Waals surface area contributed by atoms with E-state index in [9.17, 15) is 13.5 Å². The second-order valence-electron chi connectivity index (χ2n) is 4.95. The van der Waals surface area contributed by atoms with Gasteiger partial charge in [0, 0.05) is 22.7 Å². The molecule has 1 rings (SSSR count). The van der Waals surface area contributed by atoms with Crippen LogP contribution in [0.1, 0.15) is 32.3 Å². The summed E-state index contributed by atoms with van der Waals surface area (Å²) in [6, 6.07) is 3.04. The van der Waals surface area contributed by atoms with E-state index in [-0.39, 0.29) is 24.1 Å². The molecule has 0 saturated carbocycles. The molecule has 7 heteroatoms. The van der Waals surface area contributed by atoms with Crippen molar-refractivity contribution in [1.82, 2.24) is 4.31 Å². The van der Waals surface area contributed by atoms with Gasteiger partial charge in [0.15, 0.2) is 0 Å². The van der Waals surface area contributed by atoms with Crippen molar-refractivity contribution in [1.29, 1.82) is 0 Å². The third kappa shape index (κ3) is 3.97. The Hall–Kier alpha value is -0.630. The first-order valence-corrected chi connectivity index (χ1v) is 9.21. The first-order chi connectivity index (χ1) is 9.79. The van der Waals surface area contributed by atoms with E-state index in [1.54, 1.807) is 13.0 Å². The minimum atomic E-state index is -3.68. The summed E-state index contributed by atoms with van der Waals surface area (Å²) >= 11 is 3.30. The Morgan fingerprint density at radius 2 is 1.90 bits per heavy atom. The predicted octanol–water partition coefficient (Wildman–Crippen LogP) is 2.51. The molecule has 0 radical (unpaired) electrons. The molecular weight excluding hydrogens is 356 g/mol. The van der Waals surface area contributed by atoms with Gasteiger partial charge in [0.25, 0.3) is 0 Å². The lowest BCUT2D eigenvalue weighted by Gasteiger charge is -2.29. The number of benzene rings is 1. The largest absolute Gasteiger partial charge is 0.398 e. The van der Waals surface area contributed by atoms with Crippen molar-refractivity contribution in [3.8, 4) is 0 Å². The number of nitrogens with zero attached hydrogens (tertiary/aromatic N) is 1. The number of aliphatic hydroxyl groups is 1. The van der Waals surface area contributed by atoms with Gasteiger partial charge in [0.1, 0.15) is 0 Å². The molecule has 0 saturated heterocycles. The van der Waals surface area contributed by atoms with Crippen molar-refractivity contribution in [2.75, 3.05) is 18.9 Å². The van der Waals surface area contributed by atoms with E-state index in [0.717, 1.165) is 0 Å². The van der Waals surface area contributed by atoms with Gasteiger partial charge in [0.05, 0.1) is 11.5 Å². The second-order valence-corrected chi connectivity index (χ2v) is 7.66. The summed E-state index contributed by atoms with van der Waals surface area (Å²) in [6.45, 7) is 5.50. The summed E-state index contributed by atoms with van der Waals surface area (Å²) in [5, 5.41) is 9.22. The van der Waals surface area contributed by atoms with Crippen LogP contribution < -0.4 is 5.73 Å². The highest BCUT2D eigenvalue weighted by Crippen LogP contribution is 2.30. The minimum absolute atomic E-state index is 0.0874. The van der Waals surface area contributed by atoms with E-state index in [4.69, 9.17) is 5.73 Å². The van der Waals surface area contributed by atoms with Crippen LogP contribution in [0.5, 0.6) is 0 Å². The van der Waals surface area contributed by atoms with Crippen molar-refractivity contribution in [3.05, 3.63) is 22.2 Å². The van der Waals surface area contributed by atoms with Crippen LogP contribution in [0.4, 0.5) is 5.69 Å². The fraction of sp³-hybridized carbons (Fsp3) is 0.571. The number of hydrogen-bond acceptors (Lipinski definition) is 4. The summed E-state index contributed by atoms with van der Waals surface area (Å²) in [7, 11) is -3.68. The van der Waals surface area contributed by atoms with Gasteiger partial charge < -0.3 is 10.8 Å². The summed E-state index contributed by atoms with van der Waals surface area (Å²) in [6.07, 6.45) is 1.39. The average molecular weight is 379 g/mol. The molecule has 1 aromatic rings. The van der Waals surface area contributed by atoms with Gasteiger partial charge >= 0.3 is 0 Å². The van der Waals surface area contributed by atoms with Crippen molar-refractivity contribution in [2.24, 2.45) is 0 Å². The van der Waals surface area contributed by atoms with E-state index in [1.165, 1.54) is 10.4 Å². The average Bonchev–Trinajstić information content (AvgIpc) is 2.43. The van der Waals surface area contributed by atoms with Crippen LogP contribution in [-0.2, 0) is 10.0 Å². The lowest BCUT2D eigenvalue weighted by molar-refractivity contribution is 0.219. The highest BCUT2D eigenvalue weighted by atomic mass is 79.9. The molecule has 0 spiro atoms. The van der Waals surface area contributed by atoms with Crippen molar-refractivity contribution in [3.63, 3.8) is 0 Å². The zero-order valence-corrected chi connectivity index (χ0v) is 15.0. The number of nitrogen functional groups attached to an aromatic ring is 1. The molecule has 0 aliphatic rings. The molecular formula is C14H23BrN2O3S. The quantitative estimate of drug-likeness (QED) is 0.713. The van der Waals surface area contributed by atoms with Crippen LogP contribution in [0.15, 0.2) is 21.5 Å². The zero-order valence-electron chi connectivity index (χ0n) is 12.6. The summed E-state index contributed by atoms with van der Waals surface area (Å²) in [5.74, 6) is 0. The molecule has 0 atom stereocenters. The van der Waals surface area contributed by atoms with Gasteiger partial charge in [-0.25, -0.2) is 8.42 Å². The molecule has 3 N–H and O–H groups in total. The molecule has 0 fully saturated rings. The Balaban J connectivity index is 3.38. The maximum atomic E-state index is 12.9. The first-order valence-electron chi connectivity index (χ1n) is 6.97. The molecule has 0 aliphatic heterocycles. The van der Waals surface area contributed by atoms with Gasteiger partial charge in [-0.1, -0.05) is 13.8 Å². The molecule has 0 heterocycles. The number of rotatable bonds is 7. The molecule has 0 bridgehead atoms. The number of halogens is 1. The SMILES string of the molecule is CCC(CC)N(CCO)S(=O)(=O)c1cc(N)c(Br)cc1C. The molecule has 21 heavy (non-hydrogen) atoms. The van der Waals surface area contributed by atoms with Crippen molar-refractivity contribution in [2.45, 2.75) is 44.6 Å². The van der Waals surface area contributed by atoms with Crippen LogP contribution in [0.2, 0.25) is 0 Å². The summed E-state index contributed by atoms with van der Waals surface area (Å²) < 4.78 is 27.9. The summed E-state index contributed by atoms with van der Waals surface area (Å²) in [5.41, 5.74) is 6.83. The second kappa shape index (κ2) is 7.58. The lowest BCUT2D eigenvalue weighted by atomic mass is 10.2. The van der Waals surface area contributed by atoms with Gasteiger partial charge in [-0.3, -0.25) is 0 Å². The zero-order chi connectivity index (χ0) is 16.2. The maximum absolute atomic E-state index is 12.9. The van der Waals surface area contributed by atoms with Gasteiger partial charge in [-0.2, -0.15) is 4.31 Å². The van der Waals surface area contributed by atoms with Gasteiger partial charge in [0.2, 0.25) is 10.0 Å². The highest BCUT2D eigenvalue weighted by Gasteiger charge is 2.30. The summed E-state index contributed by atoms with van der Waals surface area (Å²) in [4.78, 5) is 0.198. The van der Waals surface area contributed by atoms with Crippen LogP contribution in [0.25, 0.3) is 0 Å². The molecule has 0 aliphatic carbocycles. The molecule has 1 aromatic carbocycles. The number of anilines is 1. The van der Waals surface area contributed by atoms with Gasteiger partial charge in [-0.05, 0) is 53.4 Å². The third-order valence-electron chi connectivity index (χ3n) is 3.55. The molecule has 0 amide bonds. The van der Waals surface area contributed by atoms with E-state index in [0.29, 0.717) is 28.6 Å². The van der Waals surface area contributed by atoms with Crippen LogP contribution in [-0.4, -0.2) is 37.0 Å². The van der Waals surface area contributed by atoms with E-state index in [2.05, 4.69) is 15.9 Å². The van der Waals surface area contributed by atoms with Crippen molar-refractivity contribution < 1.29 is 13.5 Å². The number of sulfonamides is 1. The number of aryl methyl sites for hydroxylation is 1. The van der Waals surface area contributed by atoms with Gasteiger partial charge in [-0.15, -0.1) is 0 Å². The smallest absolute Gasteiger partial charge is 0.243 e. The monoisotopic (exact) mass is 378 g/mol. The Morgan fingerprint density at radius 1 is 1.33 bits per heavy atom. The lowest BCUT2D eigenvalue weighted by Crippen LogP contribution is -2.41. The van der Waals surface area contributed by atoms with Crippen molar-refractivity contribution >= 4 is 31.6 Å². The Morgan fingerprint density at radius 3 is 2.38 bits per heavy atom. The normalized spacial score (nSPS) is 12.3. The first kappa shape index (κ1) is 18.4. The molecule has 5 nitrogen and oxygen atoms in total. The van der Waals surface area contributed by atoms with E-state index in [1.807, 2.05) is 13.8 Å². The predicted molar refractivity (Wildman–Crippen MR) is 88.6 cm³/mol. The number of hydrogen-bond donors (Lipinski definition) is 2. The Bertz CT molecular complexity index is 586. The Labute approximate surface area is 135 Å². The number of nitrogens with two attached hydrogens (primary N) is 1. The molecule has 120 valence electrons. The molecule has 0 unspecified atom stereocenters.